The van der Waals surface area contributed by atoms with Crippen molar-refractivity contribution >= 4 is 40.0 Å². The third-order valence-corrected chi connectivity index (χ3v) is 6.19. The van der Waals surface area contributed by atoms with Crippen LogP contribution in [0.3, 0.4) is 0 Å². The molecule has 3 rings (SSSR count). The van der Waals surface area contributed by atoms with Crippen molar-refractivity contribution < 1.29 is 37.8 Å². The van der Waals surface area contributed by atoms with E-state index in [0.717, 1.165) is 11.3 Å². The van der Waals surface area contributed by atoms with Crippen molar-refractivity contribution in [3.63, 3.8) is 0 Å². The van der Waals surface area contributed by atoms with Gasteiger partial charge in [-0.05, 0) is 69.2 Å². The fourth-order valence-corrected chi connectivity index (χ4v) is 4.27. The van der Waals surface area contributed by atoms with Gasteiger partial charge in [0, 0.05) is 5.56 Å². The summed E-state index contributed by atoms with van der Waals surface area (Å²) in [4.78, 5) is 49.5. The highest BCUT2D eigenvalue weighted by atomic mass is 32.1. The molecule has 0 aliphatic heterocycles. The van der Waals surface area contributed by atoms with Gasteiger partial charge >= 0.3 is 11.9 Å². The molecule has 9 nitrogen and oxygen atoms in total. The maximum Gasteiger partial charge on any atom is 0.348 e. The smallest absolute Gasteiger partial charge is 0.348 e. The summed E-state index contributed by atoms with van der Waals surface area (Å²) in [5, 5.41) is 2.82. The van der Waals surface area contributed by atoms with E-state index in [4.69, 9.17) is 18.6 Å². The van der Waals surface area contributed by atoms with Crippen LogP contribution in [0.2, 0.25) is 0 Å². The van der Waals surface area contributed by atoms with Crippen molar-refractivity contribution in [2.24, 2.45) is 0 Å². The highest BCUT2D eigenvalue weighted by Gasteiger charge is 2.28. The number of nitrogens with one attached hydrogen (secondary N) is 1. The van der Waals surface area contributed by atoms with Gasteiger partial charge in [0.1, 0.15) is 28.0 Å². The molecule has 1 N–H and O–H groups in total. The van der Waals surface area contributed by atoms with Crippen LogP contribution in [-0.2, 0) is 16.1 Å². The molecule has 36 heavy (non-hydrogen) atoms. The molecule has 0 fully saturated rings. The molecule has 0 unspecified atom stereocenters. The third kappa shape index (κ3) is 6.39. The first-order valence-electron chi connectivity index (χ1n) is 11.4. The van der Waals surface area contributed by atoms with Crippen molar-refractivity contribution in [2.75, 3.05) is 18.5 Å². The lowest BCUT2D eigenvalue weighted by atomic mass is 10.1. The number of hydrogen-bond acceptors (Lipinski definition) is 9. The SMILES string of the molecule is CCCOC(=O)c1c(NC(=O)c2ccc(COc3ccc(C(C)=O)cc3)o2)sc(C(=O)OCC)c1C. The van der Waals surface area contributed by atoms with E-state index in [1.807, 2.05) is 6.92 Å². The van der Waals surface area contributed by atoms with Crippen molar-refractivity contribution in [1.29, 1.82) is 0 Å². The first-order chi connectivity index (χ1) is 17.2. The standard InChI is InChI=1S/C26H27NO8S/c1-5-13-33-25(30)21-15(3)22(26(31)32-6-2)36-24(21)27-23(29)20-12-11-19(35-20)14-34-18-9-7-17(8-10-18)16(4)28/h7-12H,5-6,13-14H2,1-4H3,(H,27,29). The maximum atomic E-state index is 12.9. The summed E-state index contributed by atoms with van der Waals surface area (Å²) in [6.45, 7) is 7.07. The van der Waals surface area contributed by atoms with E-state index >= 15 is 0 Å². The molecule has 1 amide bonds. The summed E-state index contributed by atoms with van der Waals surface area (Å²) in [6.07, 6.45) is 0.624. The highest BCUT2D eigenvalue weighted by molar-refractivity contribution is 7.18. The number of hydrogen-bond donors (Lipinski definition) is 1. The number of furan rings is 1. The molecular weight excluding hydrogens is 486 g/mol. The second kappa shape index (κ2) is 12.2. The number of carbonyl (C=O) groups is 4. The maximum absolute atomic E-state index is 12.9. The zero-order valence-corrected chi connectivity index (χ0v) is 21.3. The average Bonchev–Trinajstić information content (AvgIpc) is 3.46. The second-order valence-electron chi connectivity index (χ2n) is 7.71. The Hall–Kier alpha value is -3.92. The highest BCUT2D eigenvalue weighted by Crippen LogP contribution is 2.35. The zero-order valence-electron chi connectivity index (χ0n) is 20.5. The molecule has 0 radical (unpaired) electrons. The Morgan fingerprint density at radius 2 is 1.69 bits per heavy atom. The molecule has 0 spiro atoms. The van der Waals surface area contributed by atoms with Crippen molar-refractivity contribution in [1.82, 2.24) is 0 Å². The molecule has 0 atom stereocenters. The Bertz CT molecular complexity index is 1260. The van der Waals surface area contributed by atoms with Gasteiger partial charge in [-0.15, -0.1) is 11.3 Å². The fraction of sp³-hybridized carbons (Fsp3) is 0.308. The van der Waals surface area contributed by atoms with Crippen LogP contribution in [0.4, 0.5) is 5.00 Å². The van der Waals surface area contributed by atoms with Crippen LogP contribution in [0, 0.1) is 6.92 Å². The molecule has 10 heteroatoms. The summed E-state index contributed by atoms with van der Waals surface area (Å²) in [5.74, 6) is -0.934. The molecule has 0 aliphatic rings. The quantitative estimate of drug-likeness (QED) is 0.266. The van der Waals surface area contributed by atoms with Gasteiger partial charge in [0.25, 0.3) is 5.91 Å². The molecule has 0 aliphatic carbocycles. The largest absolute Gasteiger partial charge is 0.486 e. The number of anilines is 1. The van der Waals surface area contributed by atoms with E-state index in [1.165, 1.54) is 13.0 Å². The van der Waals surface area contributed by atoms with E-state index in [1.54, 1.807) is 44.2 Å². The summed E-state index contributed by atoms with van der Waals surface area (Å²) in [6, 6.07) is 9.75. The number of esters is 2. The Morgan fingerprint density at radius 1 is 0.972 bits per heavy atom. The number of benzene rings is 1. The van der Waals surface area contributed by atoms with Crippen molar-refractivity contribution in [3.05, 3.63) is 69.5 Å². The van der Waals surface area contributed by atoms with E-state index in [9.17, 15) is 19.2 Å². The van der Waals surface area contributed by atoms with Crippen LogP contribution in [0.15, 0.2) is 40.8 Å². The lowest BCUT2D eigenvalue weighted by Gasteiger charge is -2.07. The van der Waals surface area contributed by atoms with Crippen LogP contribution >= 0.6 is 11.3 Å². The van der Waals surface area contributed by atoms with Gasteiger partial charge in [-0.25, -0.2) is 9.59 Å². The van der Waals surface area contributed by atoms with Gasteiger partial charge in [0.15, 0.2) is 11.5 Å². The first kappa shape index (κ1) is 26.7. The van der Waals surface area contributed by atoms with Crippen molar-refractivity contribution in [3.8, 4) is 5.75 Å². The lowest BCUT2D eigenvalue weighted by Crippen LogP contribution is -2.14. The van der Waals surface area contributed by atoms with Crippen LogP contribution in [0.25, 0.3) is 0 Å². The van der Waals surface area contributed by atoms with Gasteiger partial charge < -0.3 is 23.9 Å². The van der Waals surface area contributed by atoms with E-state index in [0.29, 0.717) is 29.1 Å². The van der Waals surface area contributed by atoms with Crippen LogP contribution < -0.4 is 10.1 Å². The van der Waals surface area contributed by atoms with Crippen molar-refractivity contribution in [2.45, 2.75) is 40.7 Å². The number of Topliss-reactive ketones (excluding diaryl/α,β-unsaturated/α-hetero) is 1. The summed E-state index contributed by atoms with van der Waals surface area (Å²) < 4.78 is 21.6. The lowest BCUT2D eigenvalue weighted by molar-refractivity contribution is 0.0506. The molecule has 190 valence electrons. The minimum Gasteiger partial charge on any atom is -0.486 e. The zero-order chi connectivity index (χ0) is 26.2. The number of thiophene rings is 1. The first-order valence-corrected chi connectivity index (χ1v) is 12.2. The topological polar surface area (TPSA) is 121 Å². The van der Waals surface area contributed by atoms with Gasteiger partial charge in [0.2, 0.25) is 0 Å². The van der Waals surface area contributed by atoms with Gasteiger partial charge in [-0.1, -0.05) is 6.92 Å². The molecule has 0 saturated carbocycles. The van der Waals surface area contributed by atoms with Crippen LogP contribution in [-0.4, -0.2) is 36.8 Å². The van der Waals surface area contributed by atoms with E-state index in [2.05, 4.69) is 5.32 Å². The normalized spacial score (nSPS) is 10.6. The van der Waals surface area contributed by atoms with E-state index in [-0.39, 0.29) is 46.8 Å². The molecule has 3 aromatic rings. The van der Waals surface area contributed by atoms with E-state index < -0.39 is 17.8 Å². The molecule has 0 saturated heterocycles. The molecule has 1 aromatic carbocycles. The van der Waals surface area contributed by atoms with Gasteiger partial charge in [-0.3, -0.25) is 9.59 Å². The monoisotopic (exact) mass is 513 g/mol. The average molecular weight is 514 g/mol. The number of rotatable bonds is 11. The predicted molar refractivity (Wildman–Crippen MR) is 133 cm³/mol. The number of ketones is 1. The Balaban J connectivity index is 1.74. The van der Waals surface area contributed by atoms with Crippen LogP contribution in [0.5, 0.6) is 5.75 Å². The fourth-order valence-electron chi connectivity index (χ4n) is 3.19. The summed E-state index contributed by atoms with van der Waals surface area (Å²) in [7, 11) is 0. The Morgan fingerprint density at radius 3 is 2.33 bits per heavy atom. The number of ether oxygens (including phenoxy) is 3. The molecule has 2 aromatic heterocycles. The number of carbonyl (C=O) groups excluding carboxylic acids is 4. The Labute approximate surface area is 212 Å². The summed E-state index contributed by atoms with van der Waals surface area (Å²) in [5.41, 5.74) is 1.06. The predicted octanol–water partition coefficient (Wildman–Crippen LogP) is 5.43. The number of amides is 1. The Kier molecular flexibility index (Phi) is 9.02. The summed E-state index contributed by atoms with van der Waals surface area (Å²) >= 11 is 0.939. The third-order valence-electron chi connectivity index (χ3n) is 5.00. The minimum atomic E-state index is -0.638. The van der Waals surface area contributed by atoms with Crippen LogP contribution in [0.1, 0.15) is 79.5 Å². The molecule has 0 bridgehead atoms. The van der Waals surface area contributed by atoms with Gasteiger partial charge in [-0.2, -0.15) is 0 Å². The second-order valence-corrected chi connectivity index (χ2v) is 8.73. The van der Waals surface area contributed by atoms with Gasteiger partial charge in [0.05, 0.1) is 18.8 Å². The minimum absolute atomic E-state index is 0.00265. The molecular formula is C26H27NO8S. The molecule has 2 heterocycles.